The van der Waals surface area contributed by atoms with Crippen LogP contribution in [0.2, 0.25) is 18.1 Å². The van der Waals surface area contributed by atoms with Gasteiger partial charge in [-0.15, -0.1) is 0 Å². The second kappa shape index (κ2) is 14.0. The highest BCUT2D eigenvalue weighted by atomic mass is 79.9. The van der Waals surface area contributed by atoms with E-state index in [2.05, 4.69) is 21.2 Å². The molecule has 0 aromatic heterocycles. The van der Waals surface area contributed by atoms with E-state index in [1.807, 2.05) is 96.2 Å². The van der Waals surface area contributed by atoms with Crippen LogP contribution in [-0.2, 0) is 22.4 Å². The van der Waals surface area contributed by atoms with E-state index in [1.165, 1.54) is 0 Å². The first-order valence-electron chi connectivity index (χ1n) is 13.7. The molecule has 3 N–H and O–H groups in total. The number of ether oxygens (including phenoxy) is 2. The summed E-state index contributed by atoms with van der Waals surface area (Å²) in [4.78, 5) is 36.8. The fourth-order valence-corrected chi connectivity index (χ4v) is 5.71. The third-order valence-corrected chi connectivity index (χ3v) is 11.7. The SMILES string of the molecule is COc1cccc(C[C@H](C[C@H](CC(C)(C)[Si](C)(C)O)[C@H](Cc2ccc(Br)cc2)NC(=O)OC(C)(C)C)C(=O)O)c1. The van der Waals surface area contributed by atoms with E-state index in [1.54, 1.807) is 7.11 Å². The van der Waals surface area contributed by atoms with E-state index < -0.39 is 43.0 Å². The van der Waals surface area contributed by atoms with Crippen LogP contribution in [-0.4, -0.2) is 49.0 Å². The number of hydrogen-bond donors (Lipinski definition) is 3. The fourth-order valence-electron chi connectivity index (χ4n) is 4.68. The molecule has 0 heterocycles. The average Bonchev–Trinajstić information content (AvgIpc) is 2.82. The zero-order valence-electron chi connectivity index (χ0n) is 25.1. The van der Waals surface area contributed by atoms with Crippen LogP contribution in [0.15, 0.2) is 53.0 Å². The summed E-state index contributed by atoms with van der Waals surface area (Å²) >= 11 is 3.48. The Labute approximate surface area is 248 Å². The lowest BCUT2D eigenvalue weighted by Gasteiger charge is -2.41. The molecular weight excluding hydrogens is 590 g/mol. The number of nitrogens with one attached hydrogen (secondary N) is 1. The summed E-state index contributed by atoms with van der Waals surface area (Å²) < 4.78 is 11.9. The van der Waals surface area contributed by atoms with Gasteiger partial charge in [-0.25, -0.2) is 4.79 Å². The molecule has 2 rings (SSSR count). The Kier molecular flexibility index (Phi) is 11.8. The van der Waals surface area contributed by atoms with Crippen LogP contribution in [0.5, 0.6) is 5.75 Å². The van der Waals surface area contributed by atoms with Crippen LogP contribution in [0.3, 0.4) is 0 Å². The maximum absolute atomic E-state index is 13.0. The average molecular weight is 637 g/mol. The zero-order valence-corrected chi connectivity index (χ0v) is 27.7. The first kappa shape index (κ1) is 33.8. The molecule has 40 heavy (non-hydrogen) atoms. The number of hydrogen-bond acceptors (Lipinski definition) is 5. The lowest BCUT2D eigenvalue weighted by molar-refractivity contribution is -0.142. The van der Waals surface area contributed by atoms with Crippen LogP contribution in [0, 0.1) is 11.8 Å². The summed E-state index contributed by atoms with van der Waals surface area (Å²) in [6, 6.07) is 14.9. The Bertz CT molecular complexity index is 1120. The summed E-state index contributed by atoms with van der Waals surface area (Å²) in [6.45, 7) is 13.3. The van der Waals surface area contributed by atoms with Crippen LogP contribution in [0.25, 0.3) is 0 Å². The highest BCUT2D eigenvalue weighted by molar-refractivity contribution is 9.10. The van der Waals surface area contributed by atoms with Crippen LogP contribution in [0.4, 0.5) is 4.79 Å². The number of alkyl carbamates (subject to hydrolysis) is 1. The molecule has 0 spiro atoms. The van der Waals surface area contributed by atoms with Gasteiger partial charge in [0.05, 0.1) is 13.0 Å². The van der Waals surface area contributed by atoms with Crippen molar-refractivity contribution in [2.45, 2.75) is 90.1 Å². The number of carbonyl (C=O) groups excluding carboxylic acids is 1. The number of rotatable bonds is 13. The van der Waals surface area contributed by atoms with Gasteiger partial charge >= 0.3 is 12.1 Å². The Balaban J connectivity index is 2.51. The normalized spacial score (nSPS) is 14.7. The quantitative estimate of drug-likeness (QED) is 0.201. The Hall–Kier alpha value is -2.36. The molecule has 1 amide bonds. The van der Waals surface area contributed by atoms with Crippen molar-refractivity contribution in [3.8, 4) is 5.75 Å². The molecule has 0 radical (unpaired) electrons. The molecule has 3 atom stereocenters. The predicted molar refractivity (Wildman–Crippen MR) is 165 cm³/mol. The molecule has 0 saturated heterocycles. The molecule has 0 fully saturated rings. The van der Waals surface area contributed by atoms with Gasteiger partial charge in [0.25, 0.3) is 0 Å². The molecule has 0 aliphatic rings. The minimum Gasteiger partial charge on any atom is -0.497 e. The summed E-state index contributed by atoms with van der Waals surface area (Å²) in [7, 11) is -1.07. The predicted octanol–water partition coefficient (Wildman–Crippen LogP) is 7.21. The van der Waals surface area contributed by atoms with E-state index in [9.17, 15) is 19.5 Å². The number of amides is 1. The monoisotopic (exact) mass is 635 g/mol. The molecule has 2 aromatic carbocycles. The fraction of sp³-hybridized carbons (Fsp3) is 0.548. The van der Waals surface area contributed by atoms with Gasteiger partial charge in [-0.1, -0.05) is 54.0 Å². The Morgan fingerprint density at radius 3 is 2.15 bits per heavy atom. The maximum atomic E-state index is 13.0. The molecule has 7 nitrogen and oxygen atoms in total. The summed E-state index contributed by atoms with van der Waals surface area (Å²) in [6.07, 6.45) is 1.13. The van der Waals surface area contributed by atoms with E-state index in [0.29, 0.717) is 31.4 Å². The van der Waals surface area contributed by atoms with E-state index in [0.717, 1.165) is 15.6 Å². The number of carbonyl (C=O) groups is 2. The third kappa shape index (κ3) is 10.9. The molecule has 0 unspecified atom stereocenters. The Morgan fingerprint density at radius 2 is 1.62 bits per heavy atom. The molecule has 9 heteroatoms. The van der Waals surface area contributed by atoms with Crippen molar-refractivity contribution in [1.82, 2.24) is 5.32 Å². The van der Waals surface area contributed by atoms with Crippen molar-refractivity contribution in [2.75, 3.05) is 7.11 Å². The van der Waals surface area contributed by atoms with Crippen molar-refractivity contribution in [3.05, 3.63) is 64.1 Å². The molecule has 222 valence electrons. The number of carboxylic acids is 1. The van der Waals surface area contributed by atoms with Gasteiger partial charge in [0.1, 0.15) is 11.4 Å². The second-order valence-corrected chi connectivity index (χ2v) is 18.2. The lowest BCUT2D eigenvalue weighted by atomic mass is 9.79. The summed E-state index contributed by atoms with van der Waals surface area (Å²) in [5.74, 6) is -1.18. The number of benzene rings is 2. The van der Waals surface area contributed by atoms with Gasteiger partial charge in [0.2, 0.25) is 0 Å². The summed E-state index contributed by atoms with van der Waals surface area (Å²) in [5, 5.41) is 13.0. The highest BCUT2D eigenvalue weighted by Gasteiger charge is 2.42. The highest BCUT2D eigenvalue weighted by Crippen LogP contribution is 2.44. The smallest absolute Gasteiger partial charge is 0.407 e. The molecule has 2 aromatic rings. The molecule has 0 aliphatic heterocycles. The topological polar surface area (TPSA) is 105 Å². The van der Waals surface area contributed by atoms with Crippen LogP contribution < -0.4 is 10.1 Å². The third-order valence-electron chi connectivity index (χ3n) is 7.62. The van der Waals surface area contributed by atoms with Crippen LogP contribution in [0.1, 0.15) is 58.6 Å². The minimum atomic E-state index is -2.65. The van der Waals surface area contributed by atoms with E-state index in [4.69, 9.17) is 9.47 Å². The van der Waals surface area contributed by atoms with Gasteiger partial charge in [-0.3, -0.25) is 4.79 Å². The standard InChI is InChI=1S/C31H46BrNO6Si/c1-30(2,3)39-29(36)33-27(18-21-12-14-25(32)15-13-21)24(20-31(4,5)40(7,8)37)19-23(28(34)35)16-22-10-9-11-26(17-22)38-6/h9-15,17,23-24,27,37H,16,18-20H2,1-8H3,(H,33,36)(H,34,35)/t23-,24-,27+/m1/s1. The molecular formula is C31H46BrNO6Si. The van der Waals surface area contributed by atoms with E-state index >= 15 is 0 Å². The van der Waals surface area contributed by atoms with Gasteiger partial charge in [0, 0.05) is 10.5 Å². The zero-order chi connectivity index (χ0) is 30.3. The molecule has 0 bridgehead atoms. The first-order valence-corrected chi connectivity index (χ1v) is 17.5. The number of carboxylic acid groups (broad SMARTS) is 1. The van der Waals surface area contributed by atoms with Crippen molar-refractivity contribution >= 4 is 36.3 Å². The minimum absolute atomic E-state index is 0.253. The molecule has 0 saturated carbocycles. The summed E-state index contributed by atoms with van der Waals surface area (Å²) in [5.41, 5.74) is 1.19. The number of aliphatic carboxylic acids is 1. The van der Waals surface area contributed by atoms with Gasteiger partial charge in [-0.2, -0.15) is 0 Å². The van der Waals surface area contributed by atoms with Crippen molar-refractivity contribution in [1.29, 1.82) is 0 Å². The first-order chi connectivity index (χ1) is 18.4. The van der Waals surface area contributed by atoms with Gasteiger partial charge < -0.3 is 24.7 Å². The van der Waals surface area contributed by atoms with Crippen molar-refractivity contribution < 1.29 is 29.0 Å². The van der Waals surface area contributed by atoms with Gasteiger partial charge in [0.15, 0.2) is 8.32 Å². The number of methoxy groups -OCH3 is 1. The largest absolute Gasteiger partial charge is 0.497 e. The maximum Gasteiger partial charge on any atom is 0.407 e. The molecule has 0 aliphatic carbocycles. The van der Waals surface area contributed by atoms with Gasteiger partial charge in [-0.05, 0) is 106 Å². The van der Waals surface area contributed by atoms with Crippen molar-refractivity contribution in [2.24, 2.45) is 11.8 Å². The van der Waals surface area contributed by atoms with Crippen molar-refractivity contribution in [3.63, 3.8) is 0 Å². The van der Waals surface area contributed by atoms with Crippen LogP contribution >= 0.6 is 15.9 Å². The second-order valence-electron chi connectivity index (χ2n) is 12.8. The number of halogens is 1. The lowest BCUT2D eigenvalue weighted by Crippen LogP contribution is -2.48. The Morgan fingerprint density at radius 1 is 1.00 bits per heavy atom. The van der Waals surface area contributed by atoms with E-state index in [-0.39, 0.29) is 5.92 Å².